The van der Waals surface area contributed by atoms with E-state index in [1.165, 1.54) is 0 Å². The second kappa shape index (κ2) is 7.92. The van der Waals surface area contributed by atoms with E-state index in [2.05, 4.69) is 13.8 Å². The standard InChI is InChI=1S/C23H36O6/c1-7-8-27-20(25)23-12-15-9-16(23)18(29-21(23)26)17(10-15)28-19(24)22(6,14(4)5)11-13(2)3/h13-18H,7-12H2,1-6H3. The van der Waals surface area contributed by atoms with Crippen molar-refractivity contribution in [2.75, 3.05) is 6.61 Å². The molecule has 0 aromatic rings. The summed E-state index contributed by atoms with van der Waals surface area (Å²) in [6.07, 6.45) is 2.24. The summed E-state index contributed by atoms with van der Waals surface area (Å²) in [6, 6.07) is 0. The zero-order valence-corrected chi connectivity index (χ0v) is 18.7. The van der Waals surface area contributed by atoms with Crippen molar-refractivity contribution in [2.45, 2.75) is 85.9 Å². The lowest BCUT2D eigenvalue weighted by molar-refractivity contribution is -0.180. The monoisotopic (exact) mass is 408 g/mol. The van der Waals surface area contributed by atoms with E-state index in [9.17, 15) is 14.4 Å². The van der Waals surface area contributed by atoms with E-state index in [4.69, 9.17) is 14.2 Å². The quantitative estimate of drug-likeness (QED) is 0.344. The molecule has 2 saturated carbocycles. The van der Waals surface area contributed by atoms with Crippen molar-refractivity contribution in [3.63, 3.8) is 0 Å². The van der Waals surface area contributed by atoms with Gasteiger partial charge in [-0.05, 0) is 56.8 Å². The first kappa shape index (κ1) is 22.1. The number of ether oxygens (including phenoxy) is 3. The Morgan fingerprint density at radius 2 is 1.93 bits per heavy atom. The number of carbonyl (C=O) groups is 3. The molecule has 2 bridgehead atoms. The Kier molecular flexibility index (Phi) is 6.03. The molecule has 6 nitrogen and oxygen atoms in total. The summed E-state index contributed by atoms with van der Waals surface area (Å²) in [5.74, 6) is -0.772. The van der Waals surface area contributed by atoms with Crippen LogP contribution in [0, 0.1) is 34.5 Å². The van der Waals surface area contributed by atoms with Gasteiger partial charge >= 0.3 is 17.9 Å². The molecule has 3 fully saturated rings. The van der Waals surface area contributed by atoms with Crippen molar-refractivity contribution in [1.29, 1.82) is 0 Å². The Hall–Kier alpha value is -1.59. The number of fused-ring (bicyclic) bond motifs is 1. The number of hydrogen-bond donors (Lipinski definition) is 0. The molecule has 3 aliphatic rings. The van der Waals surface area contributed by atoms with Crippen LogP contribution in [0.4, 0.5) is 0 Å². The van der Waals surface area contributed by atoms with Gasteiger partial charge in [0.05, 0.1) is 12.0 Å². The van der Waals surface area contributed by atoms with Gasteiger partial charge in [-0.25, -0.2) is 0 Å². The molecule has 164 valence electrons. The first-order valence-electron chi connectivity index (χ1n) is 11.2. The van der Waals surface area contributed by atoms with Crippen LogP contribution in [0.25, 0.3) is 0 Å². The molecule has 0 N–H and O–H groups in total. The molecular weight excluding hydrogens is 372 g/mol. The predicted molar refractivity (Wildman–Crippen MR) is 107 cm³/mol. The maximum atomic E-state index is 13.2. The Bertz CT molecular complexity index is 670. The van der Waals surface area contributed by atoms with Gasteiger partial charge in [0, 0.05) is 5.92 Å². The van der Waals surface area contributed by atoms with Crippen molar-refractivity contribution >= 4 is 17.9 Å². The minimum absolute atomic E-state index is 0.131. The fourth-order valence-electron chi connectivity index (χ4n) is 5.62. The molecule has 3 rings (SSSR count). The average molecular weight is 409 g/mol. The summed E-state index contributed by atoms with van der Waals surface area (Å²) < 4.78 is 17.1. The minimum atomic E-state index is -1.20. The molecule has 0 spiro atoms. The normalized spacial score (nSPS) is 34.8. The molecular formula is C23H36O6. The Balaban J connectivity index is 1.79. The van der Waals surface area contributed by atoms with Crippen molar-refractivity contribution in [1.82, 2.24) is 0 Å². The molecule has 6 heteroatoms. The zero-order chi connectivity index (χ0) is 21.6. The maximum Gasteiger partial charge on any atom is 0.324 e. The molecule has 0 aromatic heterocycles. The van der Waals surface area contributed by atoms with E-state index in [0.29, 0.717) is 31.8 Å². The van der Waals surface area contributed by atoms with Crippen LogP contribution in [0.15, 0.2) is 0 Å². The molecule has 29 heavy (non-hydrogen) atoms. The van der Waals surface area contributed by atoms with Crippen LogP contribution < -0.4 is 0 Å². The summed E-state index contributed by atoms with van der Waals surface area (Å²) in [7, 11) is 0. The van der Waals surface area contributed by atoms with Crippen LogP contribution >= 0.6 is 0 Å². The highest BCUT2D eigenvalue weighted by Crippen LogP contribution is 2.60. The van der Waals surface area contributed by atoms with Crippen molar-refractivity contribution in [2.24, 2.45) is 34.5 Å². The van der Waals surface area contributed by atoms with Crippen molar-refractivity contribution in [3.05, 3.63) is 0 Å². The van der Waals surface area contributed by atoms with Crippen LogP contribution in [-0.2, 0) is 28.6 Å². The van der Waals surface area contributed by atoms with Gasteiger partial charge in [0.15, 0.2) is 5.41 Å². The van der Waals surface area contributed by atoms with Crippen LogP contribution in [0.3, 0.4) is 0 Å². The molecule has 0 radical (unpaired) electrons. The fraction of sp³-hybridized carbons (Fsp3) is 0.870. The molecule has 0 aromatic carbocycles. The summed E-state index contributed by atoms with van der Waals surface area (Å²) in [5.41, 5.74) is -1.80. The van der Waals surface area contributed by atoms with Crippen molar-refractivity contribution in [3.8, 4) is 0 Å². The van der Waals surface area contributed by atoms with Gasteiger partial charge in [-0.2, -0.15) is 0 Å². The summed E-state index contributed by atoms with van der Waals surface area (Å²) in [4.78, 5) is 38.8. The van der Waals surface area contributed by atoms with Crippen LogP contribution in [0.1, 0.15) is 73.6 Å². The lowest BCUT2D eigenvalue weighted by Gasteiger charge is -2.38. The molecule has 2 aliphatic carbocycles. The number of rotatable bonds is 8. The van der Waals surface area contributed by atoms with Gasteiger partial charge in [-0.1, -0.05) is 34.6 Å². The van der Waals surface area contributed by atoms with E-state index in [0.717, 1.165) is 12.8 Å². The number of esters is 3. The SMILES string of the molecule is CCCOC(=O)C12CC3CC(OC(=O)C(C)(CC(C)C)C(C)C)C(OC1=O)C2C3. The summed E-state index contributed by atoms with van der Waals surface area (Å²) >= 11 is 0. The Morgan fingerprint density at radius 1 is 1.24 bits per heavy atom. The second-order valence-corrected chi connectivity index (χ2v) is 10.2. The van der Waals surface area contributed by atoms with E-state index < -0.39 is 35.0 Å². The summed E-state index contributed by atoms with van der Waals surface area (Å²) in [5, 5.41) is 0. The second-order valence-electron chi connectivity index (χ2n) is 10.2. The minimum Gasteiger partial charge on any atom is -0.465 e. The topological polar surface area (TPSA) is 78.9 Å². The largest absolute Gasteiger partial charge is 0.465 e. The number of carbonyl (C=O) groups excluding carboxylic acids is 3. The van der Waals surface area contributed by atoms with E-state index in [1.807, 2.05) is 27.7 Å². The third-order valence-corrected chi connectivity index (χ3v) is 7.40. The lowest BCUT2D eigenvalue weighted by atomic mass is 9.73. The van der Waals surface area contributed by atoms with Gasteiger partial charge in [0.1, 0.15) is 12.2 Å². The van der Waals surface area contributed by atoms with Gasteiger partial charge < -0.3 is 14.2 Å². The lowest BCUT2D eigenvalue weighted by Crippen LogP contribution is -2.45. The molecule has 0 amide bonds. The van der Waals surface area contributed by atoms with Crippen LogP contribution in [-0.4, -0.2) is 36.7 Å². The zero-order valence-electron chi connectivity index (χ0n) is 18.7. The van der Waals surface area contributed by atoms with E-state index >= 15 is 0 Å². The molecule has 1 heterocycles. The van der Waals surface area contributed by atoms with Crippen LogP contribution in [0.5, 0.6) is 0 Å². The average Bonchev–Trinajstić information content (AvgIpc) is 3.10. The van der Waals surface area contributed by atoms with E-state index in [1.54, 1.807) is 0 Å². The van der Waals surface area contributed by atoms with Gasteiger partial charge in [0.2, 0.25) is 0 Å². The van der Waals surface area contributed by atoms with Gasteiger partial charge in [0.25, 0.3) is 0 Å². The highest BCUT2D eigenvalue weighted by molar-refractivity contribution is 6.02. The van der Waals surface area contributed by atoms with Gasteiger partial charge in [-0.15, -0.1) is 0 Å². The highest BCUT2D eigenvalue weighted by atomic mass is 16.6. The maximum absolute atomic E-state index is 13.2. The first-order valence-corrected chi connectivity index (χ1v) is 11.2. The Morgan fingerprint density at radius 3 is 2.52 bits per heavy atom. The van der Waals surface area contributed by atoms with Crippen LogP contribution in [0.2, 0.25) is 0 Å². The highest BCUT2D eigenvalue weighted by Gasteiger charge is 2.71. The molecule has 1 aliphatic heterocycles. The van der Waals surface area contributed by atoms with E-state index in [-0.39, 0.29) is 23.7 Å². The third-order valence-electron chi connectivity index (χ3n) is 7.40. The molecule has 1 saturated heterocycles. The van der Waals surface area contributed by atoms with Crippen molar-refractivity contribution < 1.29 is 28.6 Å². The third kappa shape index (κ3) is 3.57. The predicted octanol–water partition coefficient (Wildman–Crippen LogP) is 3.90. The molecule has 6 atom stereocenters. The number of hydrogen-bond acceptors (Lipinski definition) is 6. The van der Waals surface area contributed by atoms with Gasteiger partial charge in [-0.3, -0.25) is 14.4 Å². The fourth-order valence-corrected chi connectivity index (χ4v) is 5.62. The molecule has 6 unspecified atom stereocenters. The smallest absolute Gasteiger partial charge is 0.324 e. The summed E-state index contributed by atoms with van der Waals surface area (Å²) in [6.45, 7) is 12.5. The Labute approximate surface area is 174 Å². The first-order chi connectivity index (χ1) is 13.6.